The van der Waals surface area contributed by atoms with E-state index in [1.54, 1.807) is 0 Å². The minimum Gasteiger partial charge on any atom is -0.438 e. The van der Waals surface area contributed by atoms with Gasteiger partial charge in [0.2, 0.25) is 5.88 Å². The minimum atomic E-state index is 0.0930. The highest BCUT2D eigenvalue weighted by Gasteiger charge is 2.23. The Bertz CT molecular complexity index is 936. The summed E-state index contributed by atoms with van der Waals surface area (Å²) in [5.74, 6) is 2.08. The standard InChI is InChI=1S/C22H22N4O2/c1-17-7-5-6-10-19(17)22(27)26-15-13-25(14-16-26)20-11-12-21(24-23-20)28-18-8-3-2-4-9-18/h2-12H,13-16H2,1H3. The van der Waals surface area contributed by atoms with Gasteiger partial charge in [-0.2, -0.15) is 0 Å². The van der Waals surface area contributed by atoms with Gasteiger partial charge in [-0.05, 0) is 36.8 Å². The number of para-hydroxylation sites is 1. The Balaban J connectivity index is 1.36. The number of aromatic nitrogens is 2. The van der Waals surface area contributed by atoms with Gasteiger partial charge in [-0.15, -0.1) is 10.2 Å². The van der Waals surface area contributed by atoms with E-state index in [1.807, 2.05) is 78.6 Å². The maximum atomic E-state index is 12.7. The van der Waals surface area contributed by atoms with E-state index in [-0.39, 0.29) is 5.91 Å². The summed E-state index contributed by atoms with van der Waals surface area (Å²) in [4.78, 5) is 16.8. The maximum Gasteiger partial charge on any atom is 0.254 e. The first-order valence-electron chi connectivity index (χ1n) is 9.37. The van der Waals surface area contributed by atoms with E-state index in [1.165, 1.54) is 0 Å². The number of piperazine rings is 1. The van der Waals surface area contributed by atoms with E-state index in [4.69, 9.17) is 4.74 Å². The van der Waals surface area contributed by atoms with E-state index < -0.39 is 0 Å². The molecule has 0 spiro atoms. The molecule has 1 amide bonds. The molecular weight excluding hydrogens is 352 g/mol. The van der Waals surface area contributed by atoms with Crippen molar-refractivity contribution in [3.05, 3.63) is 77.9 Å². The number of amides is 1. The third-order valence-corrected chi connectivity index (χ3v) is 4.86. The van der Waals surface area contributed by atoms with Gasteiger partial charge in [0.25, 0.3) is 5.91 Å². The predicted octanol–water partition coefficient (Wildman–Crippen LogP) is 3.54. The average Bonchev–Trinajstić information content (AvgIpc) is 2.75. The zero-order valence-electron chi connectivity index (χ0n) is 15.8. The lowest BCUT2D eigenvalue weighted by molar-refractivity contribution is 0.0745. The van der Waals surface area contributed by atoms with Gasteiger partial charge < -0.3 is 14.5 Å². The van der Waals surface area contributed by atoms with Gasteiger partial charge in [-0.25, -0.2) is 0 Å². The Morgan fingerprint density at radius 2 is 1.57 bits per heavy atom. The molecule has 0 aliphatic carbocycles. The average molecular weight is 374 g/mol. The summed E-state index contributed by atoms with van der Waals surface area (Å²) in [6, 6.07) is 21.0. The summed E-state index contributed by atoms with van der Waals surface area (Å²) in [5.41, 5.74) is 1.79. The number of hydrogen-bond donors (Lipinski definition) is 0. The van der Waals surface area contributed by atoms with Gasteiger partial charge in [-0.1, -0.05) is 36.4 Å². The van der Waals surface area contributed by atoms with Crippen LogP contribution in [0.1, 0.15) is 15.9 Å². The first kappa shape index (κ1) is 18.0. The number of carbonyl (C=O) groups is 1. The molecule has 0 N–H and O–H groups in total. The Kier molecular flexibility index (Phi) is 5.19. The number of hydrogen-bond acceptors (Lipinski definition) is 5. The molecule has 2 heterocycles. The number of anilines is 1. The molecule has 1 aliphatic rings. The lowest BCUT2D eigenvalue weighted by Crippen LogP contribution is -2.49. The topological polar surface area (TPSA) is 58.6 Å². The smallest absolute Gasteiger partial charge is 0.254 e. The van der Waals surface area contributed by atoms with Crippen LogP contribution in [0.5, 0.6) is 11.6 Å². The van der Waals surface area contributed by atoms with Crippen LogP contribution in [0.15, 0.2) is 66.7 Å². The largest absolute Gasteiger partial charge is 0.438 e. The predicted molar refractivity (Wildman–Crippen MR) is 108 cm³/mol. The Morgan fingerprint density at radius 1 is 0.857 bits per heavy atom. The number of benzene rings is 2. The van der Waals surface area contributed by atoms with Crippen LogP contribution in [-0.4, -0.2) is 47.2 Å². The van der Waals surface area contributed by atoms with E-state index in [0.29, 0.717) is 19.0 Å². The summed E-state index contributed by atoms with van der Waals surface area (Å²) in [5, 5.41) is 8.46. The van der Waals surface area contributed by atoms with Crippen molar-refractivity contribution in [2.24, 2.45) is 0 Å². The summed E-state index contributed by atoms with van der Waals surface area (Å²) in [7, 11) is 0. The molecule has 0 atom stereocenters. The molecule has 0 bridgehead atoms. The zero-order chi connectivity index (χ0) is 19.3. The van der Waals surface area contributed by atoms with Gasteiger partial charge in [-0.3, -0.25) is 4.79 Å². The molecule has 0 unspecified atom stereocenters. The second-order valence-electron chi connectivity index (χ2n) is 6.74. The molecule has 4 rings (SSSR count). The normalized spacial score (nSPS) is 14.0. The summed E-state index contributed by atoms with van der Waals surface area (Å²) in [6.07, 6.45) is 0. The second-order valence-corrected chi connectivity index (χ2v) is 6.74. The molecule has 1 aliphatic heterocycles. The highest BCUT2D eigenvalue weighted by Crippen LogP contribution is 2.21. The number of rotatable bonds is 4. The molecule has 1 saturated heterocycles. The van der Waals surface area contributed by atoms with Crippen LogP contribution in [0, 0.1) is 6.92 Å². The van der Waals surface area contributed by atoms with Gasteiger partial charge in [0.1, 0.15) is 5.75 Å². The van der Waals surface area contributed by atoms with Gasteiger partial charge in [0, 0.05) is 37.8 Å². The molecule has 1 aromatic heterocycles. The van der Waals surface area contributed by atoms with Crippen LogP contribution < -0.4 is 9.64 Å². The highest BCUT2D eigenvalue weighted by molar-refractivity contribution is 5.95. The van der Waals surface area contributed by atoms with Crippen molar-refractivity contribution >= 4 is 11.7 Å². The molecular formula is C22H22N4O2. The van der Waals surface area contributed by atoms with Gasteiger partial charge in [0.05, 0.1) is 0 Å². The number of nitrogens with zero attached hydrogens (tertiary/aromatic N) is 4. The summed E-state index contributed by atoms with van der Waals surface area (Å²) >= 11 is 0. The highest BCUT2D eigenvalue weighted by atomic mass is 16.5. The Labute approximate surface area is 164 Å². The quantitative estimate of drug-likeness (QED) is 0.699. The number of carbonyl (C=O) groups excluding carboxylic acids is 1. The fourth-order valence-corrected chi connectivity index (χ4v) is 3.27. The van der Waals surface area contributed by atoms with Crippen LogP contribution in [0.25, 0.3) is 0 Å². The molecule has 6 nitrogen and oxygen atoms in total. The zero-order valence-corrected chi connectivity index (χ0v) is 15.8. The molecule has 142 valence electrons. The maximum absolute atomic E-state index is 12.7. The third-order valence-electron chi connectivity index (χ3n) is 4.86. The Morgan fingerprint density at radius 3 is 2.25 bits per heavy atom. The van der Waals surface area contributed by atoms with E-state index in [0.717, 1.165) is 35.8 Å². The van der Waals surface area contributed by atoms with Crippen molar-refractivity contribution in [3.63, 3.8) is 0 Å². The SMILES string of the molecule is Cc1ccccc1C(=O)N1CCN(c2ccc(Oc3ccccc3)nn2)CC1. The fraction of sp³-hybridized carbons (Fsp3) is 0.227. The van der Waals surface area contributed by atoms with Crippen molar-refractivity contribution in [1.82, 2.24) is 15.1 Å². The summed E-state index contributed by atoms with van der Waals surface area (Å²) < 4.78 is 5.68. The van der Waals surface area contributed by atoms with Crippen LogP contribution in [0.4, 0.5) is 5.82 Å². The first-order chi connectivity index (χ1) is 13.7. The van der Waals surface area contributed by atoms with Crippen molar-refractivity contribution in [2.45, 2.75) is 6.92 Å². The molecule has 28 heavy (non-hydrogen) atoms. The number of aryl methyl sites for hydroxylation is 1. The lowest BCUT2D eigenvalue weighted by Gasteiger charge is -2.35. The lowest BCUT2D eigenvalue weighted by atomic mass is 10.1. The van der Waals surface area contributed by atoms with Crippen molar-refractivity contribution < 1.29 is 9.53 Å². The minimum absolute atomic E-state index is 0.0930. The molecule has 3 aromatic rings. The third kappa shape index (κ3) is 3.96. The van der Waals surface area contributed by atoms with Gasteiger partial charge >= 0.3 is 0 Å². The number of ether oxygens (including phenoxy) is 1. The van der Waals surface area contributed by atoms with Crippen molar-refractivity contribution in [2.75, 3.05) is 31.1 Å². The van der Waals surface area contributed by atoms with Gasteiger partial charge in [0.15, 0.2) is 5.82 Å². The molecule has 0 radical (unpaired) electrons. The van der Waals surface area contributed by atoms with E-state index >= 15 is 0 Å². The van der Waals surface area contributed by atoms with E-state index in [2.05, 4.69) is 15.1 Å². The molecule has 2 aromatic carbocycles. The van der Waals surface area contributed by atoms with Crippen molar-refractivity contribution in [3.8, 4) is 11.6 Å². The van der Waals surface area contributed by atoms with Crippen LogP contribution in [0.3, 0.4) is 0 Å². The second kappa shape index (κ2) is 8.08. The van der Waals surface area contributed by atoms with Crippen LogP contribution in [0.2, 0.25) is 0 Å². The summed E-state index contributed by atoms with van der Waals surface area (Å²) in [6.45, 7) is 4.75. The fourth-order valence-electron chi connectivity index (χ4n) is 3.27. The van der Waals surface area contributed by atoms with E-state index in [9.17, 15) is 4.79 Å². The Hall–Kier alpha value is -3.41. The molecule has 1 fully saturated rings. The van der Waals surface area contributed by atoms with Crippen molar-refractivity contribution in [1.29, 1.82) is 0 Å². The van der Waals surface area contributed by atoms with Crippen LogP contribution >= 0.6 is 0 Å². The monoisotopic (exact) mass is 374 g/mol. The first-order valence-corrected chi connectivity index (χ1v) is 9.37. The molecule has 0 saturated carbocycles. The van der Waals surface area contributed by atoms with Crippen LogP contribution in [-0.2, 0) is 0 Å². The molecule has 6 heteroatoms.